The first-order valence-electron chi connectivity index (χ1n) is 9.45. The van der Waals surface area contributed by atoms with Crippen molar-refractivity contribution in [2.75, 3.05) is 9.80 Å². The van der Waals surface area contributed by atoms with Crippen LogP contribution in [-0.4, -0.2) is 11.6 Å². The molecule has 0 spiro atoms. The maximum Gasteiger partial charge on any atom is 0.330 e. The van der Waals surface area contributed by atoms with Crippen molar-refractivity contribution in [3.63, 3.8) is 0 Å². The highest BCUT2D eigenvalue weighted by Gasteiger charge is 2.53. The predicted octanol–water partition coefficient (Wildman–Crippen LogP) is 7.51. The monoisotopic (exact) mass is 435 g/mol. The van der Waals surface area contributed by atoms with E-state index in [4.69, 9.17) is 29.8 Å². The van der Waals surface area contributed by atoms with Crippen molar-refractivity contribution in [3.8, 4) is 0 Å². The number of hydrogen-bond acceptors (Lipinski definition) is 1. The first-order chi connectivity index (χ1) is 14.3. The average molecular weight is 436 g/mol. The van der Waals surface area contributed by atoms with E-state index in [1.54, 1.807) is 40.1 Å². The Hall–Kier alpha value is -3.00. The molecule has 2 amide bonds. The maximum atomic E-state index is 13.8. The van der Waals surface area contributed by atoms with Gasteiger partial charge in [-0.1, -0.05) is 47.5 Å². The van der Waals surface area contributed by atoms with Crippen LogP contribution in [0.15, 0.2) is 72.8 Å². The number of carbonyl (C=O) groups is 1. The fraction of sp³-hybridized carbons (Fsp3) is 0.167. The summed E-state index contributed by atoms with van der Waals surface area (Å²) in [6.07, 6.45) is 0. The molecular weight excluding hydrogens is 417 g/mol. The van der Waals surface area contributed by atoms with Gasteiger partial charge < -0.3 is 0 Å². The third kappa shape index (κ3) is 3.41. The van der Waals surface area contributed by atoms with Crippen LogP contribution in [0.1, 0.15) is 25.5 Å². The van der Waals surface area contributed by atoms with Crippen LogP contribution in [0.2, 0.25) is 10.0 Å². The Bertz CT molecular complexity index is 1130. The number of nitrogens with zero attached hydrogens (tertiary/aromatic N) is 3. The first kappa shape index (κ1) is 20.3. The summed E-state index contributed by atoms with van der Waals surface area (Å²) < 4.78 is 0. The molecule has 3 aromatic carbocycles. The van der Waals surface area contributed by atoms with Crippen LogP contribution in [0, 0.1) is 6.57 Å². The predicted molar refractivity (Wildman–Crippen MR) is 123 cm³/mol. The molecule has 30 heavy (non-hydrogen) atoms. The highest BCUT2D eigenvalue weighted by atomic mass is 35.5. The highest BCUT2D eigenvalue weighted by Crippen LogP contribution is 2.48. The minimum atomic E-state index is -0.606. The Balaban J connectivity index is 1.90. The summed E-state index contributed by atoms with van der Waals surface area (Å²) in [7, 11) is 0. The molecule has 4 nitrogen and oxygen atoms in total. The van der Waals surface area contributed by atoms with Gasteiger partial charge >= 0.3 is 6.03 Å². The minimum Gasteiger partial charge on any atom is -0.286 e. The summed E-state index contributed by atoms with van der Waals surface area (Å²) >= 11 is 12.2. The molecular formula is C24H19Cl2N3O. The summed E-state index contributed by atoms with van der Waals surface area (Å²) in [5, 5.41) is 1.21. The topological polar surface area (TPSA) is 27.9 Å². The molecule has 0 aromatic heterocycles. The lowest BCUT2D eigenvalue weighted by Gasteiger charge is -2.35. The second kappa shape index (κ2) is 7.68. The largest absolute Gasteiger partial charge is 0.330 e. The van der Waals surface area contributed by atoms with Gasteiger partial charge in [-0.15, -0.1) is 0 Å². The number of rotatable bonds is 3. The SMILES string of the molecule is [C-]#[N+]c1cccc([C@H]2N(c3ccc(Cl)cc3)C(=O)N(c3ccc(Cl)cc3)C2(C)C)c1. The van der Waals surface area contributed by atoms with E-state index >= 15 is 0 Å². The number of anilines is 2. The third-order valence-corrected chi connectivity index (χ3v) is 5.91. The molecule has 0 unspecified atom stereocenters. The number of benzene rings is 3. The van der Waals surface area contributed by atoms with E-state index in [9.17, 15) is 4.79 Å². The van der Waals surface area contributed by atoms with Crippen LogP contribution in [0.25, 0.3) is 4.85 Å². The van der Waals surface area contributed by atoms with E-state index in [2.05, 4.69) is 4.85 Å². The van der Waals surface area contributed by atoms with E-state index < -0.39 is 5.54 Å². The Morgan fingerprint density at radius 2 is 1.47 bits per heavy atom. The molecule has 1 saturated heterocycles. The molecule has 6 heteroatoms. The normalized spacial score (nSPS) is 17.8. The van der Waals surface area contributed by atoms with E-state index in [0.717, 1.165) is 16.9 Å². The van der Waals surface area contributed by atoms with Crippen molar-refractivity contribution in [1.29, 1.82) is 0 Å². The second-order valence-electron chi connectivity index (χ2n) is 7.70. The zero-order valence-corrected chi connectivity index (χ0v) is 18.0. The van der Waals surface area contributed by atoms with Gasteiger partial charge in [0.2, 0.25) is 0 Å². The zero-order valence-electron chi connectivity index (χ0n) is 16.5. The van der Waals surface area contributed by atoms with Gasteiger partial charge in [0.25, 0.3) is 0 Å². The van der Waals surface area contributed by atoms with Crippen LogP contribution >= 0.6 is 23.2 Å². The van der Waals surface area contributed by atoms with Gasteiger partial charge in [-0.3, -0.25) is 9.80 Å². The zero-order chi connectivity index (χ0) is 21.5. The van der Waals surface area contributed by atoms with Gasteiger partial charge in [-0.25, -0.2) is 9.64 Å². The van der Waals surface area contributed by atoms with E-state index in [1.165, 1.54) is 0 Å². The van der Waals surface area contributed by atoms with Crippen molar-refractivity contribution in [2.45, 2.75) is 25.4 Å². The van der Waals surface area contributed by atoms with Crippen molar-refractivity contribution >= 4 is 46.3 Å². The molecule has 0 saturated carbocycles. The molecule has 1 fully saturated rings. The van der Waals surface area contributed by atoms with Gasteiger partial charge in [-0.2, -0.15) is 0 Å². The quantitative estimate of drug-likeness (QED) is 0.391. The summed E-state index contributed by atoms with van der Waals surface area (Å²) in [6, 6.07) is 21.4. The molecule has 1 aliphatic rings. The van der Waals surface area contributed by atoms with Gasteiger partial charge in [0.15, 0.2) is 5.69 Å². The minimum absolute atomic E-state index is 0.150. The Morgan fingerprint density at radius 3 is 2.03 bits per heavy atom. The maximum absolute atomic E-state index is 13.8. The second-order valence-corrected chi connectivity index (χ2v) is 8.58. The highest BCUT2D eigenvalue weighted by molar-refractivity contribution is 6.31. The number of hydrogen-bond donors (Lipinski definition) is 0. The van der Waals surface area contributed by atoms with E-state index in [-0.39, 0.29) is 12.1 Å². The molecule has 0 radical (unpaired) electrons. The van der Waals surface area contributed by atoms with E-state index in [0.29, 0.717) is 15.7 Å². The first-order valence-corrected chi connectivity index (χ1v) is 10.2. The van der Waals surface area contributed by atoms with Crippen molar-refractivity contribution in [1.82, 2.24) is 0 Å². The standard InChI is InChI=1S/C24H19Cl2N3O/c1-24(2)22(16-5-4-6-19(15-16)27-3)28(20-11-7-17(25)8-12-20)23(30)29(24)21-13-9-18(26)10-14-21/h4-15,22H,1-2H3/t22-/m1/s1. The smallest absolute Gasteiger partial charge is 0.286 e. The summed E-state index contributed by atoms with van der Waals surface area (Å²) in [5.74, 6) is 0. The van der Waals surface area contributed by atoms with Crippen LogP contribution in [0.3, 0.4) is 0 Å². The molecule has 1 atom stereocenters. The van der Waals surface area contributed by atoms with Crippen LogP contribution < -0.4 is 9.80 Å². The molecule has 3 aromatic rings. The number of amides is 2. The van der Waals surface area contributed by atoms with Gasteiger partial charge in [0.1, 0.15) is 0 Å². The fourth-order valence-electron chi connectivity index (χ4n) is 4.12. The van der Waals surface area contributed by atoms with Crippen molar-refractivity contribution < 1.29 is 4.79 Å². The Morgan fingerprint density at radius 1 is 0.900 bits per heavy atom. The molecule has 0 aliphatic carbocycles. The van der Waals surface area contributed by atoms with Gasteiger partial charge in [0, 0.05) is 21.4 Å². The van der Waals surface area contributed by atoms with E-state index in [1.807, 2.05) is 56.3 Å². The Kier molecular flexibility index (Phi) is 5.19. The van der Waals surface area contributed by atoms with Crippen LogP contribution in [-0.2, 0) is 0 Å². The van der Waals surface area contributed by atoms with Crippen LogP contribution in [0.5, 0.6) is 0 Å². The molecule has 4 rings (SSSR count). The lowest BCUT2D eigenvalue weighted by Crippen LogP contribution is -2.43. The number of carbonyl (C=O) groups excluding carboxylic acids is 1. The fourth-order valence-corrected chi connectivity index (χ4v) is 4.37. The molecule has 150 valence electrons. The molecule has 0 N–H and O–H groups in total. The van der Waals surface area contributed by atoms with Gasteiger partial charge in [-0.05, 0) is 67.9 Å². The summed E-state index contributed by atoms with van der Waals surface area (Å²) in [6.45, 7) is 11.5. The third-order valence-electron chi connectivity index (χ3n) is 5.41. The van der Waals surface area contributed by atoms with Gasteiger partial charge in [0.05, 0.1) is 18.2 Å². The summed E-state index contributed by atoms with van der Waals surface area (Å²) in [5.41, 5.74) is 2.33. The Labute approximate surface area is 186 Å². The lowest BCUT2D eigenvalue weighted by molar-refractivity contribution is 0.254. The average Bonchev–Trinajstić information content (AvgIpc) is 2.94. The summed E-state index contributed by atoms with van der Waals surface area (Å²) in [4.78, 5) is 20.9. The van der Waals surface area contributed by atoms with Crippen molar-refractivity contribution in [3.05, 3.63) is 99.8 Å². The van der Waals surface area contributed by atoms with Crippen molar-refractivity contribution in [2.24, 2.45) is 0 Å². The molecule has 1 heterocycles. The molecule has 1 aliphatic heterocycles. The van der Waals surface area contributed by atoms with Crippen LogP contribution in [0.4, 0.5) is 21.9 Å². The number of urea groups is 1. The lowest BCUT2D eigenvalue weighted by atomic mass is 9.87. The number of halogens is 2. The molecule has 0 bridgehead atoms.